The van der Waals surface area contributed by atoms with Crippen molar-refractivity contribution in [1.29, 1.82) is 0 Å². The first kappa shape index (κ1) is 14.1. The van der Waals surface area contributed by atoms with E-state index in [2.05, 4.69) is 0 Å². The van der Waals surface area contributed by atoms with E-state index < -0.39 is 0 Å². The highest BCUT2D eigenvalue weighted by atomic mass is 16.6. The van der Waals surface area contributed by atoms with Crippen molar-refractivity contribution >= 4 is 0 Å². The molecule has 0 spiro atoms. The third kappa shape index (κ3) is 2.67. The molecule has 0 aromatic heterocycles. The summed E-state index contributed by atoms with van der Waals surface area (Å²) in [6.45, 7) is 0. The van der Waals surface area contributed by atoms with Gasteiger partial charge in [0.05, 0.1) is 36.6 Å². The van der Waals surface area contributed by atoms with Gasteiger partial charge in [-0.2, -0.15) is 0 Å². The molecule has 0 aromatic rings. The first-order chi connectivity index (χ1) is 11.3. The van der Waals surface area contributed by atoms with Crippen LogP contribution in [0.2, 0.25) is 0 Å². The number of hydrogen-bond acceptors (Lipinski definition) is 3. The fourth-order valence-electron chi connectivity index (χ4n) is 6.61. The first-order valence-corrected chi connectivity index (χ1v) is 10.2. The van der Waals surface area contributed by atoms with Crippen LogP contribution in [0.3, 0.4) is 0 Å². The zero-order valence-corrected chi connectivity index (χ0v) is 14.1. The molecule has 23 heavy (non-hydrogen) atoms. The van der Waals surface area contributed by atoms with Crippen LogP contribution in [0.4, 0.5) is 0 Å². The summed E-state index contributed by atoms with van der Waals surface area (Å²) in [5, 5.41) is 0. The molecule has 0 N–H and O–H groups in total. The van der Waals surface area contributed by atoms with Gasteiger partial charge in [-0.3, -0.25) is 0 Å². The van der Waals surface area contributed by atoms with Crippen LogP contribution in [0.15, 0.2) is 0 Å². The van der Waals surface area contributed by atoms with Crippen molar-refractivity contribution in [1.82, 2.24) is 0 Å². The molecule has 3 aliphatic heterocycles. The largest absolute Gasteiger partial charge is 0.370 e. The van der Waals surface area contributed by atoms with Gasteiger partial charge in [-0.05, 0) is 87.9 Å². The summed E-state index contributed by atoms with van der Waals surface area (Å²) in [5.74, 6) is 1.84. The lowest BCUT2D eigenvalue weighted by atomic mass is 9.62. The van der Waals surface area contributed by atoms with Crippen molar-refractivity contribution in [2.45, 2.75) is 107 Å². The second kappa shape index (κ2) is 4.95. The van der Waals surface area contributed by atoms with E-state index in [1.165, 1.54) is 70.6 Å². The van der Waals surface area contributed by atoms with E-state index in [0.717, 1.165) is 11.8 Å². The van der Waals surface area contributed by atoms with E-state index in [1.807, 2.05) is 0 Å². The maximum absolute atomic E-state index is 5.92. The molecule has 6 fully saturated rings. The van der Waals surface area contributed by atoms with Crippen LogP contribution in [0.25, 0.3) is 0 Å². The summed E-state index contributed by atoms with van der Waals surface area (Å²) in [7, 11) is 0. The van der Waals surface area contributed by atoms with Gasteiger partial charge in [0.2, 0.25) is 0 Å². The van der Waals surface area contributed by atoms with Gasteiger partial charge in [-0.15, -0.1) is 0 Å². The first-order valence-electron chi connectivity index (χ1n) is 10.2. The summed E-state index contributed by atoms with van der Waals surface area (Å²) in [6, 6.07) is 0. The molecule has 3 saturated carbocycles. The summed E-state index contributed by atoms with van der Waals surface area (Å²) < 4.78 is 17.5. The predicted molar refractivity (Wildman–Crippen MR) is 86.2 cm³/mol. The van der Waals surface area contributed by atoms with E-state index in [-0.39, 0.29) is 0 Å². The lowest BCUT2D eigenvalue weighted by Gasteiger charge is -2.42. The Kier molecular flexibility index (Phi) is 3.04. The predicted octanol–water partition coefficient (Wildman–Crippen LogP) is 3.84. The Labute approximate surface area is 139 Å². The highest BCUT2D eigenvalue weighted by Gasteiger charge is 2.54. The fourth-order valence-corrected chi connectivity index (χ4v) is 6.61. The molecule has 128 valence electrons. The minimum atomic E-state index is 0.580. The van der Waals surface area contributed by atoms with Crippen molar-refractivity contribution in [3.05, 3.63) is 0 Å². The second-order valence-electron chi connectivity index (χ2n) is 9.65. The molecule has 0 radical (unpaired) electrons. The maximum Gasteiger partial charge on any atom is 0.0847 e. The molecule has 8 unspecified atom stereocenters. The molecule has 0 aromatic carbocycles. The number of rotatable bonds is 4. The van der Waals surface area contributed by atoms with E-state index in [4.69, 9.17) is 14.2 Å². The van der Waals surface area contributed by atoms with E-state index in [9.17, 15) is 0 Å². The Morgan fingerprint density at radius 3 is 1.74 bits per heavy atom. The topological polar surface area (TPSA) is 37.6 Å². The molecule has 3 saturated heterocycles. The van der Waals surface area contributed by atoms with Gasteiger partial charge < -0.3 is 14.2 Å². The summed E-state index contributed by atoms with van der Waals surface area (Å²) >= 11 is 0. The third-order valence-corrected chi connectivity index (χ3v) is 7.95. The molecule has 3 aliphatic carbocycles. The molecule has 3 heterocycles. The van der Waals surface area contributed by atoms with E-state index >= 15 is 0 Å². The van der Waals surface area contributed by atoms with Crippen molar-refractivity contribution in [2.24, 2.45) is 17.3 Å². The molecular formula is C20H30O3. The SMILES string of the molecule is C1CC2OC2CC1CC1(CC2CCC3OC3C2)CCC2OC2C1. The van der Waals surface area contributed by atoms with Gasteiger partial charge in [0.1, 0.15) is 0 Å². The van der Waals surface area contributed by atoms with E-state index in [0.29, 0.717) is 42.0 Å². The Bertz CT molecular complexity index is 461. The summed E-state index contributed by atoms with van der Waals surface area (Å²) in [4.78, 5) is 0. The van der Waals surface area contributed by atoms with Crippen LogP contribution in [0, 0.1) is 17.3 Å². The minimum Gasteiger partial charge on any atom is -0.370 e. The van der Waals surface area contributed by atoms with Crippen molar-refractivity contribution < 1.29 is 14.2 Å². The minimum absolute atomic E-state index is 0.580. The van der Waals surface area contributed by atoms with Gasteiger partial charge in [-0.25, -0.2) is 0 Å². The van der Waals surface area contributed by atoms with Gasteiger partial charge in [-0.1, -0.05) is 0 Å². The van der Waals surface area contributed by atoms with Crippen LogP contribution in [0.1, 0.15) is 70.6 Å². The molecule has 0 amide bonds. The quantitative estimate of drug-likeness (QED) is 0.739. The molecular weight excluding hydrogens is 288 g/mol. The monoisotopic (exact) mass is 318 g/mol. The fraction of sp³-hybridized carbons (Fsp3) is 1.00. The van der Waals surface area contributed by atoms with Gasteiger partial charge in [0.15, 0.2) is 0 Å². The average Bonchev–Trinajstić information content (AvgIpc) is 3.40. The summed E-state index contributed by atoms with van der Waals surface area (Å²) in [5.41, 5.74) is 0.580. The molecule has 3 nitrogen and oxygen atoms in total. The van der Waals surface area contributed by atoms with Crippen LogP contribution in [-0.2, 0) is 14.2 Å². The van der Waals surface area contributed by atoms with Gasteiger partial charge in [0, 0.05) is 0 Å². The highest BCUT2D eigenvalue weighted by Crippen LogP contribution is 2.56. The number of hydrogen-bond donors (Lipinski definition) is 0. The number of epoxide rings is 3. The molecule has 3 heteroatoms. The normalized spacial score (nSPS) is 59.5. The molecule has 6 rings (SSSR count). The standard InChI is InChI=1S/C20H30O3/c1-3-14-17(21-14)7-12(1)9-20(6-5-16-19(11-20)23-16)10-13-2-4-15-18(8-13)22-15/h12-19H,1-11H2. The Morgan fingerprint density at radius 2 is 1.17 bits per heavy atom. The zero-order valence-electron chi connectivity index (χ0n) is 14.1. The van der Waals surface area contributed by atoms with Crippen LogP contribution < -0.4 is 0 Å². The molecule has 8 atom stereocenters. The Hall–Kier alpha value is -0.120. The Balaban J connectivity index is 1.16. The van der Waals surface area contributed by atoms with Crippen LogP contribution in [0.5, 0.6) is 0 Å². The van der Waals surface area contributed by atoms with Crippen LogP contribution in [-0.4, -0.2) is 36.6 Å². The van der Waals surface area contributed by atoms with Crippen molar-refractivity contribution in [2.75, 3.05) is 0 Å². The molecule has 0 bridgehead atoms. The summed E-state index contributed by atoms with van der Waals surface area (Å²) in [6.07, 6.45) is 19.0. The van der Waals surface area contributed by atoms with E-state index in [1.54, 1.807) is 0 Å². The molecule has 6 aliphatic rings. The van der Waals surface area contributed by atoms with Crippen molar-refractivity contribution in [3.63, 3.8) is 0 Å². The second-order valence-corrected chi connectivity index (χ2v) is 9.65. The zero-order chi connectivity index (χ0) is 15.0. The third-order valence-electron chi connectivity index (χ3n) is 7.95. The maximum atomic E-state index is 5.92. The number of ether oxygens (including phenoxy) is 3. The highest BCUT2D eigenvalue weighted by molar-refractivity contribution is 5.03. The average molecular weight is 318 g/mol. The Morgan fingerprint density at radius 1 is 0.609 bits per heavy atom. The lowest BCUT2D eigenvalue weighted by molar-refractivity contribution is 0.0946. The number of fused-ring (bicyclic) bond motifs is 3. The lowest BCUT2D eigenvalue weighted by Crippen LogP contribution is -2.34. The smallest absolute Gasteiger partial charge is 0.0847 e. The van der Waals surface area contributed by atoms with Gasteiger partial charge in [0.25, 0.3) is 0 Å². The van der Waals surface area contributed by atoms with Crippen molar-refractivity contribution in [3.8, 4) is 0 Å². The van der Waals surface area contributed by atoms with Gasteiger partial charge >= 0.3 is 0 Å². The van der Waals surface area contributed by atoms with Crippen LogP contribution >= 0.6 is 0 Å².